The molecule has 4 N–H and O–H groups in total. The van der Waals surface area contributed by atoms with Crippen LogP contribution >= 0.6 is 12.4 Å². The van der Waals surface area contributed by atoms with Gasteiger partial charge in [0.15, 0.2) is 0 Å². The molecule has 1 aromatic carbocycles. The zero-order valence-electron chi connectivity index (χ0n) is 15.3. The first-order valence-corrected chi connectivity index (χ1v) is 9.09. The van der Waals surface area contributed by atoms with E-state index in [1.54, 1.807) is 0 Å². The minimum atomic E-state index is -0.601. The Balaban J connectivity index is 0.00000243. The third-order valence-electron chi connectivity index (χ3n) is 5.77. The van der Waals surface area contributed by atoms with E-state index in [1.165, 1.54) is 6.42 Å². The van der Waals surface area contributed by atoms with Gasteiger partial charge in [0.2, 0.25) is 5.91 Å². The summed E-state index contributed by atoms with van der Waals surface area (Å²) < 4.78 is 0. The fraction of sp³-hybridized carbons (Fsp3) is 0.579. The van der Waals surface area contributed by atoms with Crippen LogP contribution in [0.3, 0.4) is 0 Å². The number of nitrogens with zero attached hydrogens (tertiary/aromatic N) is 1. The van der Waals surface area contributed by atoms with Gasteiger partial charge in [-0.25, -0.2) is 4.79 Å². The summed E-state index contributed by atoms with van der Waals surface area (Å²) in [5.41, 5.74) is 7.71. The number of nitrogens with one attached hydrogen (secondary N) is 2. The van der Waals surface area contributed by atoms with Gasteiger partial charge < -0.3 is 21.3 Å². The van der Waals surface area contributed by atoms with Gasteiger partial charge in [0.05, 0.1) is 12.5 Å². The number of amides is 3. The van der Waals surface area contributed by atoms with Crippen LogP contribution in [-0.2, 0) is 4.79 Å². The van der Waals surface area contributed by atoms with Crippen LogP contribution in [0.5, 0.6) is 0 Å². The van der Waals surface area contributed by atoms with Crippen LogP contribution in [0.1, 0.15) is 42.9 Å². The molecule has 2 aliphatic heterocycles. The molecule has 1 aromatic rings. The number of piperidine rings is 1. The number of benzene rings is 1. The monoisotopic (exact) mass is 380 g/mol. The Morgan fingerprint density at radius 2 is 1.96 bits per heavy atom. The van der Waals surface area contributed by atoms with Gasteiger partial charge in [-0.1, -0.05) is 24.3 Å². The van der Waals surface area contributed by atoms with E-state index in [1.807, 2.05) is 36.1 Å². The van der Waals surface area contributed by atoms with Crippen LogP contribution in [0, 0.1) is 12.3 Å². The highest BCUT2D eigenvalue weighted by Crippen LogP contribution is 2.37. The lowest BCUT2D eigenvalue weighted by Gasteiger charge is -2.39. The van der Waals surface area contributed by atoms with Crippen LogP contribution in [0.2, 0.25) is 0 Å². The van der Waals surface area contributed by atoms with Crippen molar-refractivity contribution in [3.8, 4) is 0 Å². The Morgan fingerprint density at radius 1 is 1.27 bits per heavy atom. The number of urea groups is 1. The Kier molecular flexibility index (Phi) is 6.89. The maximum Gasteiger partial charge on any atom is 0.312 e. The van der Waals surface area contributed by atoms with Crippen molar-refractivity contribution >= 4 is 24.3 Å². The Hall–Kier alpha value is -1.79. The summed E-state index contributed by atoms with van der Waals surface area (Å²) in [6.07, 6.45) is 3.58. The lowest BCUT2D eigenvalue weighted by molar-refractivity contribution is -0.133. The van der Waals surface area contributed by atoms with E-state index in [0.29, 0.717) is 5.41 Å². The van der Waals surface area contributed by atoms with Crippen LogP contribution in [0.15, 0.2) is 24.3 Å². The highest BCUT2D eigenvalue weighted by atomic mass is 35.5. The number of hydrogen-bond donors (Lipinski definition) is 3. The van der Waals surface area contributed by atoms with Gasteiger partial charge in [-0.15, -0.1) is 12.4 Å². The van der Waals surface area contributed by atoms with Gasteiger partial charge in [0, 0.05) is 19.6 Å². The molecule has 6 nitrogen and oxygen atoms in total. The summed E-state index contributed by atoms with van der Waals surface area (Å²) in [6, 6.07) is 6.80. The minimum Gasteiger partial charge on any atom is -0.352 e. The minimum absolute atomic E-state index is 0. The number of primary amides is 1. The third-order valence-corrected chi connectivity index (χ3v) is 5.77. The predicted octanol–water partition coefficient (Wildman–Crippen LogP) is 2.12. The van der Waals surface area contributed by atoms with Crippen LogP contribution < -0.4 is 16.4 Å². The molecule has 7 heteroatoms. The summed E-state index contributed by atoms with van der Waals surface area (Å²) >= 11 is 0. The van der Waals surface area contributed by atoms with Crippen molar-refractivity contribution in [2.75, 3.05) is 26.2 Å². The average Bonchev–Trinajstić information content (AvgIpc) is 3.03. The van der Waals surface area contributed by atoms with Crippen LogP contribution in [0.25, 0.3) is 0 Å². The van der Waals surface area contributed by atoms with Crippen molar-refractivity contribution in [2.24, 2.45) is 11.1 Å². The molecule has 1 unspecified atom stereocenters. The van der Waals surface area contributed by atoms with E-state index in [9.17, 15) is 9.59 Å². The average molecular weight is 381 g/mol. The molecule has 0 radical (unpaired) electrons. The molecule has 144 valence electrons. The van der Waals surface area contributed by atoms with Gasteiger partial charge in [-0.2, -0.15) is 0 Å². The zero-order chi connectivity index (χ0) is 17.9. The van der Waals surface area contributed by atoms with Gasteiger partial charge in [-0.3, -0.25) is 4.79 Å². The van der Waals surface area contributed by atoms with Gasteiger partial charge in [0.25, 0.3) is 0 Å². The third kappa shape index (κ3) is 4.68. The molecule has 3 rings (SSSR count). The number of hydrogen-bond acceptors (Lipinski definition) is 3. The molecule has 0 aliphatic carbocycles. The second kappa shape index (κ2) is 8.73. The van der Waals surface area contributed by atoms with E-state index < -0.39 is 6.03 Å². The Bertz CT molecular complexity index is 636. The van der Waals surface area contributed by atoms with Crippen molar-refractivity contribution in [1.29, 1.82) is 0 Å². The molecule has 0 saturated carbocycles. The van der Waals surface area contributed by atoms with Crippen molar-refractivity contribution < 1.29 is 9.59 Å². The molecule has 0 bridgehead atoms. The second-order valence-corrected chi connectivity index (χ2v) is 7.43. The fourth-order valence-corrected chi connectivity index (χ4v) is 4.14. The lowest BCUT2D eigenvalue weighted by Crippen LogP contribution is -2.45. The largest absolute Gasteiger partial charge is 0.352 e. The molecule has 0 aromatic heterocycles. The number of likely N-dealkylation sites (tertiary alicyclic amines) is 1. The van der Waals surface area contributed by atoms with E-state index in [4.69, 9.17) is 5.73 Å². The Labute approximate surface area is 161 Å². The molecule has 2 saturated heterocycles. The van der Waals surface area contributed by atoms with Gasteiger partial charge >= 0.3 is 6.03 Å². The number of nitrogens with two attached hydrogens (primary N) is 1. The summed E-state index contributed by atoms with van der Waals surface area (Å²) in [5.74, 6) is 0.0859. The molecule has 26 heavy (non-hydrogen) atoms. The summed E-state index contributed by atoms with van der Waals surface area (Å²) in [4.78, 5) is 26.1. The number of aryl methyl sites for hydroxylation is 1. The number of carbonyl (C=O) groups is 2. The molecule has 2 aliphatic rings. The first-order valence-electron chi connectivity index (χ1n) is 9.09. The molecular weight excluding hydrogens is 352 g/mol. The highest BCUT2D eigenvalue weighted by molar-refractivity contribution is 5.85. The summed E-state index contributed by atoms with van der Waals surface area (Å²) in [5, 5.41) is 6.18. The van der Waals surface area contributed by atoms with Gasteiger partial charge in [0.1, 0.15) is 0 Å². The molecule has 1 spiro atoms. The number of rotatable bonds is 4. The van der Waals surface area contributed by atoms with Crippen LogP contribution in [-0.4, -0.2) is 43.0 Å². The normalized spacial score (nSPS) is 19.7. The standard InChI is InChI=1S/C19H28N4O2.ClH/c1-14-4-2-3-5-15(14)16(22-18(20)25)12-17(24)23-10-7-19(8-11-23)6-9-21-13-19;/h2-5,16,21H,6-13H2,1H3,(H3,20,22,25);1H. The molecule has 3 amide bonds. The van der Waals surface area contributed by atoms with Crippen molar-refractivity contribution in [3.63, 3.8) is 0 Å². The maximum atomic E-state index is 12.8. The van der Waals surface area contributed by atoms with Crippen molar-refractivity contribution in [1.82, 2.24) is 15.5 Å². The fourth-order valence-electron chi connectivity index (χ4n) is 4.14. The smallest absolute Gasteiger partial charge is 0.312 e. The van der Waals surface area contributed by atoms with Gasteiger partial charge in [-0.05, 0) is 49.3 Å². The summed E-state index contributed by atoms with van der Waals surface area (Å²) in [6.45, 7) is 5.75. The first-order chi connectivity index (χ1) is 12.0. The predicted molar refractivity (Wildman–Crippen MR) is 104 cm³/mol. The molecular formula is C19H29ClN4O2. The van der Waals surface area contributed by atoms with Crippen molar-refractivity contribution in [2.45, 2.75) is 38.6 Å². The number of halogens is 1. The van der Waals surface area contributed by atoms with Crippen LogP contribution in [0.4, 0.5) is 4.79 Å². The molecule has 1 atom stereocenters. The van der Waals surface area contributed by atoms with E-state index >= 15 is 0 Å². The van der Waals surface area contributed by atoms with E-state index in [-0.39, 0.29) is 30.8 Å². The quantitative estimate of drug-likeness (QED) is 0.747. The second-order valence-electron chi connectivity index (χ2n) is 7.43. The van der Waals surface area contributed by atoms with Crippen molar-refractivity contribution in [3.05, 3.63) is 35.4 Å². The van der Waals surface area contributed by atoms with E-state index in [2.05, 4.69) is 10.6 Å². The topological polar surface area (TPSA) is 87.5 Å². The zero-order valence-corrected chi connectivity index (χ0v) is 16.1. The molecule has 2 fully saturated rings. The highest BCUT2D eigenvalue weighted by Gasteiger charge is 2.38. The maximum absolute atomic E-state index is 12.8. The lowest BCUT2D eigenvalue weighted by atomic mass is 9.78. The van der Waals surface area contributed by atoms with E-state index in [0.717, 1.165) is 50.1 Å². The molecule has 2 heterocycles. The number of carbonyl (C=O) groups excluding carboxylic acids is 2. The SMILES string of the molecule is Cc1ccccc1C(CC(=O)N1CCC2(CCNC2)CC1)NC(N)=O.Cl. The Morgan fingerprint density at radius 3 is 2.54 bits per heavy atom. The summed E-state index contributed by atoms with van der Waals surface area (Å²) in [7, 11) is 0. The first kappa shape index (κ1) is 20.5.